The van der Waals surface area contributed by atoms with Crippen LogP contribution in [0.2, 0.25) is 0 Å². The number of hydrogen-bond donors (Lipinski definition) is 1. The number of nitrogens with one attached hydrogen (secondary N) is 1. The van der Waals surface area contributed by atoms with Crippen LogP contribution in [0.5, 0.6) is 5.75 Å². The fraction of sp³-hybridized carbons (Fsp3) is 0.143. The summed E-state index contributed by atoms with van der Waals surface area (Å²) in [5.41, 5.74) is -0.121. The topological polar surface area (TPSA) is 55.4 Å². The first-order valence-corrected chi connectivity index (χ1v) is 6.68. The molecule has 0 saturated carbocycles. The molecule has 1 aromatic carbocycles. The maximum Gasteiger partial charge on any atom is 0.254 e. The highest BCUT2D eigenvalue weighted by atomic mass is 32.1. The van der Waals surface area contributed by atoms with Gasteiger partial charge in [-0.25, -0.2) is 4.39 Å². The summed E-state index contributed by atoms with van der Waals surface area (Å²) in [5, 5.41) is 4.18. The summed E-state index contributed by atoms with van der Waals surface area (Å²) in [6, 6.07) is 7.35. The van der Waals surface area contributed by atoms with E-state index in [4.69, 9.17) is 4.74 Å². The molecule has 0 unspecified atom stereocenters. The van der Waals surface area contributed by atoms with Crippen molar-refractivity contribution in [3.05, 3.63) is 52.0 Å². The maximum atomic E-state index is 13.7. The molecule has 0 spiro atoms. The van der Waals surface area contributed by atoms with E-state index in [1.54, 1.807) is 17.5 Å². The van der Waals surface area contributed by atoms with Crippen LogP contribution in [0.15, 0.2) is 35.7 Å². The van der Waals surface area contributed by atoms with Crippen molar-refractivity contribution >= 4 is 23.0 Å². The van der Waals surface area contributed by atoms with Crippen LogP contribution in [0, 0.1) is 5.82 Å². The van der Waals surface area contributed by atoms with Crippen molar-refractivity contribution in [3.63, 3.8) is 0 Å². The molecule has 0 radical (unpaired) electrons. The first-order valence-electron chi connectivity index (χ1n) is 5.80. The Morgan fingerprint density at radius 1 is 1.35 bits per heavy atom. The standard InChI is InChI=1S/C14H12FNO3S/c1-19-9-4-5-10(11(15)7-9)14(18)16-8-12(17)13-3-2-6-20-13/h2-7H,8H2,1H3,(H,16,18). The molecule has 1 amide bonds. The molecule has 4 nitrogen and oxygen atoms in total. The van der Waals surface area contributed by atoms with E-state index >= 15 is 0 Å². The Morgan fingerprint density at radius 3 is 2.75 bits per heavy atom. The van der Waals surface area contributed by atoms with Gasteiger partial charge >= 0.3 is 0 Å². The lowest BCUT2D eigenvalue weighted by molar-refractivity contribution is 0.0902. The molecule has 20 heavy (non-hydrogen) atoms. The molecule has 2 aromatic rings. The smallest absolute Gasteiger partial charge is 0.254 e. The third kappa shape index (κ3) is 3.21. The number of Topliss-reactive ketones (excluding diaryl/α,β-unsaturated/α-hetero) is 1. The number of methoxy groups -OCH3 is 1. The highest BCUT2D eigenvalue weighted by Gasteiger charge is 2.14. The summed E-state index contributed by atoms with van der Waals surface area (Å²) in [6.45, 7) is -0.162. The first-order chi connectivity index (χ1) is 9.61. The second-order valence-corrected chi connectivity index (χ2v) is 4.88. The summed E-state index contributed by atoms with van der Waals surface area (Å²) in [6.07, 6.45) is 0. The highest BCUT2D eigenvalue weighted by molar-refractivity contribution is 7.12. The Kier molecular flexibility index (Phi) is 4.47. The minimum absolute atomic E-state index is 0.121. The van der Waals surface area contributed by atoms with E-state index in [2.05, 4.69) is 5.32 Å². The van der Waals surface area contributed by atoms with Gasteiger partial charge in [0, 0.05) is 6.07 Å². The van der Waals surface area contributed by atoms with Gasteiger partial charge in [0.05, 0.1) is 24.1 Å². The van der Waals surface area contributed by atoms with E-state index in [9.17, 15) is 14.0 Å². The van der Waals surface area contributed by atoms with E-state index in [0.29, 0.717) is 10.6 Å². The second-order valence-electron chi connectivity index (χ2n) is 3.93. The Morgan fingerprint density at radius 2 is 2.15 bits per heavy atom. The first kappa shape index (κ1) is 14.2. The summed E-state index contributed by atoms with van der Waals surface area (Å²) in [7, 11) is 1.41. The quantitative estimate of drug-likeness (QED) is 0.862. The van der Waals surface area contributed by atoms with Crippen molar-refractivity contribution in [2.45, 2.75) is 0 Å². The number of carbonyl (C=O) groups excluding carboxylic acids is 2. The summed E-state index contributed by atoms with van der Waals surface area (Å²) in [5.74, 6) is -1.20. The number of benzene rings is 1. The number of ketones is 1. The van der Waals surface area contributed by atoms with Crippen LogP contribution in [0.4, 0.5) is 4.39 Å². The van der Waals surface area contributed by atoms with Gasteiger partial charge in [-0.2, -0.15) is 0 Å². The lowest BCUT2D eigenvalue weighted by atomic mass is 10.2. The lowest BCUT2D eigenvalue weighted by Gasteiger charge is -2.06. The van der Waals surface area contributed by atoms with Gasteiger partial charge in [-0.15, -0.1) is 11.3 Å². The number of halogens is 1. The van der Waals surface area contributed by atoms with Crippen LogP contribution in [0.1, 0.15) is 20.0 Å². The zero-order valence-electron chi connectivity index (χ0n) is 10.7. The molecule has 0 atom stereocenters. The normalized spacial score (nSPS) is 10.1. The van der Waals surface area contributed by atoms with Crippen LogP contribution >= 0.6 is 11.3 Å². The minimum atomic E-state index is -0.689. The predicted molar refractivity (Wildman–Crippen MR) is 73.9 cm³/mol. The van der Waals surface area contributed by atoms with Crippen molar-refractivity contribution < 1.29 is 18.7 Å². The fourth-order valence-corrected chi connectivity index (χ4v) is 2.25. The Balaban J connectivity index is 2.00. The van der Waals surface area contributed by atoms with E-state index < -0.39 is 11.7 Å². The monoisotopic (exact) mass is 293 g/mol. The van der Waals surface area contributed by atoms with Crippen LogP contribution in [-0.2, 0) is 0 Å². The number of carbonyl (C=O) groups is 2. The van der Waals surface area contributed by atoms with Gasteiger partial charge in [-0.3, -0.25) is 9.59 Å². The molecule has 0 aliphatic heterocycles. The molecule has 0 saturated heterocycles. The second kappa shape index (κ2) is 6.29. The number of ether oxygens (including phenoxy) is 1. The van der Waals surface area contributed by atoms with Gasteiger partial charge in [-0.05, 0) is 23.6 Å². The van der Waals surface area contributed by atoms with E-state index in [0.717, 1.165) is 6.07 Å². The van der Waals surface area contributed by atoms with E-state index in [-0.39, 0.29) is 17.9 Å². The van der Waals surface area contributed by atoms with Crippen molar-refractivity contribution in [1.82, 2.24) is 5.32 Å². The maximum absolute atomic E-state index is 13.7. The number of hydrogen-bond acceptors (Lipinski definition) is 4. The molecule has 104 valence electrons. The lowest BCUT2D eigenvalue weighted by Crippen LogP contribution is -2.29. The highest BCUT2D eigenvalue weighted by Crippen LogP contribution is 2.16. The van der Waals surface area contributed by atoms with Crippen LogP contribution in [0.3, 0.4) is 0 Å². The molecule has 2 rings (SSSR count). The van der Waals surface area contributed by atoms with Gasteiger partial charge in [0.1, 0.15) is 11.6 Å². The molecule has 1 N–H and O–H groups in total. The zero-order chi connectivity index (χ0) is 14.5. The van der Waals surface area contributed by atoms with E-state index in [1.807, 2.05) is 0 Å². The van der Waals surface area contributed by atoms with Crippen LogP contribution < -0.4 is 10.1 Å². The SMILES string of the molecule is COc1ccc(C(=O)NCC(=O)c2cccs2)c(F)c1. The van der Waals surface area contributed by atoms with Crippen molar-refractivity contribution in [3.8, 4) is 5.75 Å². The Hall–Kier alpha value is -2.21. The summed E-state index contributed by atoms with van der Waals surface area (Å²) >= 11 is 1.30. The Labute approximate surface area is 119 Å². The van der Waals surface area contributed by atoms with Crippen LogP contribution in [0.25, 0.3) is 0 Å². The largest absolute Gasteiger partial charge is 0.497 e. The van der Waals surface area contributed by atoms with Gasteiger partial charge in [0.2, 0.25) is 0 Å². The zero-order valence-corrected chi connectivity index (χ0v) is 11.5. The average molecular weight is 293 g/mol. The predicted octanol–water partition coefficient (Wildman–Crippen LogP) is 2.51. The number of amides is 1. The fourth-order valence-electron chi connectivity index (χ4n) is 1.59. The summed E-state index contributed by atoms with van der Waals surface area (Å²) < 4.78 is 18.5. The van der Waals surface area contributed by atoms with Crippen molar-refractivity contribution in [2.24, 2.45) is 0 Å². The third-order valence-electron chi connectivity index (χ3n) is 2.63. The molecule has 0 bridgehead atoms. The van der Waals surface area contributed by atoms with Gasteiger partial charge < -0.3 is 10.1 Å². The number of rotatable bonds is 5. The van der Waals surface area contributed by atoms with E-state index in [1.165, 1.54) is 30.6 Å². The van der Waals surface area contributed by atoms with Crippen LogP contribution in [-0.4, -0.2) is 25.3 Å². The van der Waals surface area contributed by atoms with Crippen molar-refractivity contribution in [2.75, 3.05) is 13.7 Å². The number of thiophene rings is 1. The average Bonchev–Trinajstić information content (AvgIpc) is 2.98. The molecular formula is C14H12FNO3S. The van der Waals surface area contributed by atoms with Gasteiger partial charge in [0.25, 0.3) is 5.91 Å². The molecule has 1 aromatic heterocycles. The van der Waals surface area contributed by atoms with Gasteiger partial charge in [0.15, 0.2) is 5.78 Å². The molecule has 0 aliphatic carbocycles. The minimum Gasteiger partial charge on any atom is -0.497 e. The molecular weight excluding hydrogens is 281 g/mol. The molecule has 0 fully saturated rings. The Bertz CT molecular complexity index is 625. The molecule has 1 heterocycles. The molecule has 0 aliphatic rings. The molecule has 6 heteroatoms. The van der Waals surface area contributed by atoms with Crippen molar-refractivity contribution in [1.29, 1.82) is 0 Å². The third-order valence-corrected chi connectivity index (χ3v) is 3.54. The summed E-state index contributed by atoms with van der Waals surface area (Å²) in [4.78, 5) is 24.1. The van der Waals surface area contributed by atoms with Gasteiger partial charge in [-0.1, -0.05) is 6.07 Å².